The molecule has 2 aromatic rings. The van der Waals surface area contributed by atoms with E-state index in [-0.39, 0.29) is 5.88 Å². The van der Waals surface area contributed by atoms with E-state index in [1.54, 1.807) is 18.0 Å². The van der Waals surface area contributed by atoms with Crippen molar-refractivity contribution in [2.24, 2.45) is 0 Å². The number of nitrogens with zero attached hydrogens (tertiary/aromatic N) is 3. The van der Waals surface area contributed by atoms with Gasteiger partial charge < -0.3 is 9.64 Å². The minimum atomic E-state index is -2.88. The molecule has 1 heterocycles. The lowest BCUT2D eigenvalue weighted by Gasteiger charge is -2.20. The molecule has 0 unspecified atom stereocenters. The van der Waals surface area contributed by atoms with E-state index in [2.05, 4.69) is 32.9 Å². The molecule has 0 aliphatic heterocycles. The zero-order valence-electron chi connectivity index (χ0n) is 13.5. The molecule has 4 nitrogen and oxygen atoms in total. The minimum absolute atomic E-state index is 0.0340. The number of aromatic nitrogens is 1. The third-order valence-corrected chi connectivity index (χ3v) is 4.57. The Kier molecular flexibility index (Phi) is 6.56. The fraction of sp³-hybridized carbons (Fsp3) is 0.438. The van der Waals surface area contributed by atoms with E-state index in [1.807, 2.05) is 25.2 Å². The van der Waals surface area contributed by atoms with Crippen molar-refractivity contribution in [3.05, 3.63) is 30.5 Å². The number of likely N-dealkylation sites (N-methyl/N-ethyl adjacent to an activating group) is 2. The molecule has 1 aromatic heterocycles. The molecule has 0 amide bonds. The Hall–Kier alpha value is -1.44. The lowest BCUT2D eigenvalue weighted by atomic mass is 10.2. The second-order valence-electron chi connectivity index (χ2n) is 5.18. The van der Waals surface area contributed by atoms with Crippen LogP contribution in [0, 0.1) is 0 Å². The molecule has 2 rings (SSSR count). The third kappa shape index (κ3) is 5.02. The van der Waals surface area contributed by atoms with Crippen molar-refractivity contribution < 1.29 is 13.5 Å². The predicted molar refractivity (Wildman–Crippen MR) is 90.0 cm³/mol. The average molecular weight is 341 g/mol. The highest BCUT2D eigenvalue weighted by Crippen LogP contribution is 2.33. The van der Waals surface area contributed by atoms with E-state index in [1.165, 1.54) is 6.20 Å². The predicted octanol–water partition coefficient (Wildman–Crippen LogP) is 3.73. The van der Waals surface area contributed by atoms with Crippen LogP contribution >= 0.6 is 11.9 Å². The van der Waals surface area contributed by atoms with Gasteiger partial charge in [-0.1, -0.05) is 13.0 Å². The van der Waals surface area contributed by atoms with E-state index in [4.69, 9.17) is 0 Å². The molecule has 0 spiro atoms. The SMILES string of the molecule is CCN(C)CCN(C)Sc1cccc2c(OC(F)F)nccc12. The maximum Gasteiger partial charge on any atom is 0.388 e. The third-order valence-electron chi connectivity index (χ3n) is 3.52. The molecule has 0 radical (unpaired) electrons. The Morgan fingerprint density at radius 3 is 2.65 bits per heavy atom. The molecule has 0 aliphatic carbocycles. The summed E-state index contributed by atoms with van der Waals surface area (Å²) >= 11 is 1.59. The van der Waals surface area contributed by atoms with Gasteiger partial charge in [0, 0.05) is 35.0 Å². The van der Waals surface area contributed by atoms with Crippen LogP contribution in [0.1, 0.15) is 6.92 Å². The Labute approximate surface area is 139 Å². The van der Waals surface area contributed by atoms with Crippen LogP contribution in [-0.4, -0.2) is 54.5 Å². The first-order chi connectivity index (χ1) is 11.0. The number of benzene rings is 1. The first kappa shape index (κ1) is 17.9. The number of hydrogen-bond donors (Lipinski definition) is 0. The van der Waals surface area contributed by atoms with Crippen molar-refractivity contribution >= 4 is 22.7 Å². The molecule has 1 aromatic carbocycles. The molecule has 0 fully saturated rings. The van der Waals surface area contributed by atoms with Gasteiger partial charge >= 0.3 is 6.61 Å². The monoisotopic (exact) mass is 341 g/mol. The second-order valence-corrected chi connectivity index (χ2v) is 6.43. The summed E-state index contributed by atoms with van der Waals surface area (Å²) in [5.41, 5.74) is 0. The summed E-state index contributed by atoms with van der Waals surface area (Å²) in [5, 5.41) is 1.45. The molecule has 0 saturated carbocycles. The molecular formula is C16H21F2N3OS. The Bertz CT molecular complexity index is 642. The normalized spacial score (nSPS) is 11.8. The number of pyridine rings is 1. The van der Waals surface area contributed by atoms with Crippen molar-refractivity contribution in [2.45, 2.75) is 18.4 Å². The Morgan fingerprint density at radius 2 is 1.96 bits per heavy atom. The van der Waals surface area contributed by atoms with Gasteiger partial charge in [-0.3, -0.25) is 0 Å². The lowest BCUT2D eigenvalue weighted by molar-refractivity contribution is -0.0517. The number of ether oxygens (including phenoxy) is 1. The molecule has 0 N–H and O–H groups in total. The van der Waals surface area contributed by atoms with E-state index < -0.39 is 6.61 Å². The first-order valence-electron chi connectivity index (χ1n) is 7.41. The van der Waals surface area contributed by atoms with Crippen LogP contribution in [0.5, 0.6) is 5.88 Å². The van der Waals surface area contributed by atoms with Crippen LogP contribution in [0.15, 0.2) is 35.4 Å². The Morgan fingerprint density at radius 1 is 1.17 bits per heavy atom. The zero-order valence-corrected chi connectivity index (χ0v) is 14.3. The summed E-state index contributed by atoms with van der Waals surface area (Å²) in [6.45, 7) is 2.11. The van der Waals surface area contributed by atoms with Crippen molar-refractivity contribution in [2.75, 3.05) is 33.7 Å². The number of alkyl halides is 2. The summed E-state index contributed by atoms with van der Waals surface area (Å²) in [7, 11) is 4.10. The molecule has 0 saturated heterocycles. The van der Waals surface area contributed by atoms with Crippen LogP contribution in [0.2, 0.25) is 0 Å². The summed E-state index contributed by atoms with van der Waals surface area (Å²) < 4.78 is 31.6. The van der Waals surface area contributed by atoms with E-state index >= 15 is 0 Å². The largest absolute Gasteiger partial charge is 0.416 e. The lowest BCUT2D eigenvalue weighted by Crippen LogP contribution is -2.27. The van der Waals surface area contributed by atoms with Gasteiger partial charge in [0.2, 0.25) is 5.88 Å². The van der Waals surface area contributed by atoms with E-state index in [9.17, 15) is 8.78 Å². The number of fused-ring (bicyclic) bond motifs is 1. The standard InChI is InChI=1S/C16H21F2N3OS/c1-4-20(2)10-11-21(3)23-14-7-5-6-13-12(14)8-9-19-15(13)22-16(17)18/h5-9,16H,4,10-11H2,1-3H3. The summed E-state index contributed by atoms with van der Waals surface area (Å²) in [4.78, 5) is 7.13. The number of halogens is 2. The quantitative estimate of drug-likeness (QED) is 0.683. The molecule has 0 atom stereocenters. The molecular weight excluding hydrogens is 320 g/mol. The van der Waals surface area contributed by atoms with Gasteiger partial charge in [0.05, 0.1) is 0 Å². The first-order valence-corrected chi connectivity index (χ1v) is 8.18. The van der Waals surface area contributed by atoms with Crippen LogP contribution in [0.3, 0.4) is 0 Å². The van der Waals surface area contributed by atoms with Crippen molar-refractivity contribution in [1.82, 2.24) is 14.2 Å². The fourth-order valence-electron chi connectivity index (χ4n) is 2.09. The fourth-order valence-corrected chi connectivity index (χ4v) is 3.02. The smallest absolute Gasteiger partial charge is 0.388 e. The molecule has 0 bridgehead atoms. The topological polar surface area (TPSA) is 28.6 Å². The maximum atomic E-state index is 12.5. The summed E-state index contributed by atoms with van der Waals surface area (Å²) in [6, 6.07) is 7.37. The van der Waals surface area contributed by atoms with Crippen LogP contribution in [0.25, 0.3) is 10.8 Å². The highest BCUT2D eigenvalue weighted by atomic mass is 32.2. The van der Waals surface area contributed by atoms with Gasteiger partial charge in [0.15, 0.2) is 0 Å². The second kappa shape index (κ2) is 8.42. The Balaban J connectivity index is 2.18. The highest BCUT2D eigenvalue weighted by Gasteiger charge is 2.13. The maximum absolute atomic E-state index is 12.5. The van der Waals surface area contributed by atoms with Gasteiger partial charge in [-0.05, 0) is 50.8 Å². The minimum Gasteiger partial charge on any atom is -0.416 e. The summed E-state index contributed by atoms with van der Waals surface area (Å²) in [6.07, 6.45) is 1.50. The highest BCUT2D eigenvalue weighted by molar-refractivity contribution is 7.97. The van der Waals surface area contributed by atoms with Gasteiger partial charge in [-0.15, -0.1) is 0 Å². The van der Waals surface area contributed by atoms with Gasteiger partial charge in [0.1, 0.15) is 0 Å². The van der Waals surface area contributed by atoms with Gasteiger partial charge in [-0.25, -0.2) is 9.29 Å². The molecule has 23 heavy (non-hydrogen) atoms. The zero-order chi connectivity index (χ0) is 16.8. The van der Waals surface area contributed by atoms with Crippen LogP contribution in [-0.2, 0) is 0 Å². The van der Waals surface area contributed by atoms with Crippen LogP contribution in [0.4, 0.5) is 8.78 Å². The molecule has 126 valence electrons. The number of hydrogen-bond acceptors (Lipinski definition) is 5. The average Bonchev–Trinajstić information content (AvgIpc) is 2.53. The molecule has 0 aliphatic rings. The van der Waals surface area contributed by atoms with E-state index in [0.29, 0.717) is 5.39 Å². The van der Waals surface area contributed by atoms with Crippen LogP contribution < -0.4 is 4.74 Å². The number of rotatable bonds is 8. The molecule has 7 heteroatoms. The summed E-state index contributed by atoms with van der Waals surface area (Å²) in [5.74, 6) is -0.0340. The van der Waals surface area contributed by atoms with Gasteiger partial charge in [-0.2, -0.15) is 8.78 Å². The van der Waals surface area contributed by atoms with E-state index in [0.717, 1.165) is 29.9 Å². The van der Waals surface area contributed by atoms with Crippen molar-refractivity contribution in [3.63, 3.8) is 0 Å². The van der Waals surface area contributed by atoms with Crippen molar-refractivity contribution in [1.29, 1.82) is 0 Å². The van der Waals surface area contributed by atoms with Gasteiger partial charge in [0.25, 0.3) is 0 Å². The van der Waals surface area contributed by atoms with Crippen molar-refractivity contribution in [3.8, 4) is 5.88 Å².